The number of aromatic nitrogens is 1. The molecule has 0 radical (unpaired) electrons. The molecule has 2 fully saturated rings. The minimum absolute atomic E-state index is 0.141. The zero-order valence-electron chi connectivity index (χ0n) is 20.4. The number of nitrogens with zero attached hydrogens (tertiary/aromatic N) is 3. The second kappa shape index (κ2) is 10.7. The number of fused-ring (bicyclic) bond motifs is 1. The number of rotatable bonds is 8. The lowest BCUT2D eigenvalue weighted by molar-refractivity contribution is 0.101. The Hall–Kier alpha value is -2.34. The van der Waals surface area contributed by atoms with Crippen LogP contribution in [0.3, 0.4) is 0 Å². The third kappa shape index (κ3) is 5.60. The number of hydrogen-bond donors (Lipinski definition) is 2. The standard InChI is InChI=1S/C27H41N5O/c1-20-9-8-10-21(2)31(20)14-6-3-7-15-32-25-12-5-4-11-23(25)18-24(26(32)33)17-22-13-16-30(19-22)27(28)29/h4-5,11-12,18,20-22H,3,6-10,13-17,19H2,1-2H3,(H3,28,29)/t20-,21+,22?. The summed E-state index contributed by atoms with van der Waals surface area (Å²) in [5.74, 6) is 0.520. The van der Waals surface area contributed by atoms with Crippen LogP contribution in [0.2, 0.25) is 0 Å². The SMILES string of the molecule is C[C@@H]1CCC[C@H](C)N1CCCCCn1c(=O)c(CC2CCN(C(=N)N)C2)cc2ccccc21. The molecular formula is C27H41N5O. The van der Waals surface area contributed by atoms with E-state index >= 15 is 0 Å². The average molecular weight is 452 g/mol. The monoisotopic (exact) mass is 451 g/mol. The number of hydrogen-bond acceptors (Lipinski definition) is 3. The molecule has 180 valence electrons. The summed E-state index contributed by atoms with van der Waals surface area (Å²) in [5, 5.41) is 8.82. The normalized spacial score (nSPS) is 23.9. The molecule has 0 amide bonds. The van der Waals surface area contributed by atoms with Crippen molar-refractivity contribution < 1.29 is 0 Å². The summed E-state index contributed by atoms with van der Waals surface area (Å²) in [6.45, 7) is 8.28. The first-order valence-corrected chi connectivity index (χ1v) is 12.9. The van der Waals surface area contributed by atoms with Crippen LogP contribution in [0.1, 0.15) is 64.4 Å². The van der Waals surface area contributed by atoms with Crippen molar-refractivity contribution in [2.75, 3.05) is 19.6 Å². The van der Waals surface area contributed by atoms with Gasteiger partial charge >= 0.3 is 0 Å². The summed E-state index contributed by atoms with van der Waals surface area (Å²) >= 11 is 0. The molecule has 3 atom stereocenters. The summed E-state index contributed by atoms with van der Waals surface area (Å²) in [7, 11) is 0. The van der Waals surface area contributed by atoms with Crippen LogP contribution >= 0.6 is 0 Å². The van der Waals surface area contributed by atoms with Crippen LogP contribution in [0, 0.1) is 11.3 Å². The molecule has 3 heterocycles. The zero-order valence-corrected chi connectivity index (χ0v) is 20.4. The van der Waals surface area contributed by atoms with E-state index in [1.54, 1.807) is 0 Å². The van der Waals surface area contributed by atoms with E-state index in [9.17, 15) is 4.79 Å². The van der Waals surface area contributed by atoms with Gasteiger partial charge in [-0.1, -0.05) is 31.0 Å². The van der Waals surface area contributed by atoms with Gasteiger partial charge in [0.05, 0.1) is 5.52 Å². The van der Waals surface area contributed by atoms with Crippen molar-refractivity contribution in [1.29, 1.82) is 5.41 Å². The van der Waals surface area contributed by atoms with Crippen LogP contribution in [0.25, 0.3) is 10.9 Å². The van der Waals surface area contributed by atoms with Gasteiger partial charge in [-0.05, 0) is 82.4 Å². The number of benzene rings is 1. The molecule has 0 aliphatic carbocycles. The maximum atomic E-state index is 13.5. The first kappa shape index (κ1) is 23.8. The lowest BCUT2D eigenvalue weighted by atomic mass is 9.97. The molecule has 6 heteroatoms. The maximum absolute atomic E-state index is 13.5. The van der Waals surface area contributed by atoms with Gasteiger partial charge in [-0.25, -0.2) is 0 Å². The van der Waals surface area contributed by atoms with Crippen LogP contribution in [-0.4, -0.2) is 52.0 Å². The van der Waals surface area contributed by atoms with Crippen LogP contribution in [0.15, 0.2) is 35.1 Å². The number of pyridine rings is 1. The molecule has 0 bridgehead atoms. The first-order chi connectivity index (χ1) is 15.9. The fourth-order valence-electron chi connectivity index (χ4n) is 5.94. The highest BCUT2D eigenvalue weighted by molar-refractivity contribution is 5.79. The van der Waals surface area contributed by atoms with Gasteiger partial charge < -0.3 is 15.2 Å². The van der Waals surface area contributed by atoms with Crippen LogP contribution in [0.5, 0.6) is 0 Å². The van der Waals surface area contributed by atoms with Crippen LogP contribution in [-0.2, 0) is 13.0 Å². The quantitative estimate of drug-likeness (QED) is 0.358. The molecule has 2 aromatic rings. The molecule has 2 aliphatic rings. The van der Waals surface area contributed by atoms with E-state index in [2.05, 4.69) is 43.0 Å². The largest absolute Gasteiger partial charge is 0.370 e. The third-order valence-corrected chi connectivity index (χ3v) is 7.89. The Kier molecular flexibility index (Phi) is 7.74. The predicted molar refractivity (Wildman–Crippen MR) is 137 cm³/mol. The van der Waals surface area contributed by atoms with Crippen LogP contribution in [0.4, 0.5) is 0 Å². The number of piperidine rings is 1. The maximum Gasteiger partial charge on any atom is 0.254 e. The number of nitrogens with two attached hydrogens (primary N) is 1. The smallest absolute Gasteiger partial charge is 0.254 e. The van der Waals surface area contributed by atoms with Gasteiger partial charge in [-0.3, -0.25) is 15.1 Å². The number of likely N-dealkylation sites (tertiary alicyclic amines) is 2. The molecular weight excluding hydrogens is 410 g/mol. The van der Waals surface area contributed by atoms with Crippen molar-refractivity contribution in [3.63, 3.8) is 0 Å². The Morgan fingerprint density at radius 2 is 1.79 bits per heavy atom. The van der Waals surface area contributed by atoms with E-state index in [1.807, 2.05) is 15.5 Å². The summed E-state index contributed by atoms with van der Waals surface area (Å²) in [6, 6.07) is 11.8. The van der Waals surface area contributed by atoms with Gasteiger partial charge in [-0.15, -0.1) is 0 Å². The Labute approximate surface area is 198 Å². The molecule has 1 unspecified atom stereocenters. The summed E-state index contributed by atoms with van der Waals surface area (Å²) in [4.78, 5) is 18.0. The van der Waals surface area contributed by atoms with Gasteiger partial charge in [-0.2, -0.15) is 0 Å². The molecule has 6 nitrogen and oxygen atoms in total. The first-order valence-electron chi connectivity index (χ1n) is 12.9. The Morgan fingerprint density at radius 3 is 2.52 bits per heavy atom. The highest BCUT2D eigenvalue weighted by Gasteiger charge is 2.25. The predicted octanol–water partition coefficient (Wildman–Crippen LogP) is 4.19. The van der Waals surface area contributed by atoms with Crippen molar-refractivity contribution in [2.24, 2.45) is 11.7 Å². The average Bonchev–Trinajstić information content (AvgIpc) is 3.26. The molecule has 2 saturated heterocycles. The van der Waals surface area contributed by atoms with Gasteiger partial charge in [0.2, 0.25) is 0 Å². The number of nitrogens with one attached hydrogen (secondary N) is 1. The minimum Gasteiger partial charge on any atom is -0.370 e. The highest BCUT2D eigenvalue weighted by Crippen LogP contribution is 2.24. The van der Waals surface area contributed by atoms with E-state index in [-0.39, 0.29) is 11.5 Å². The molecule has 2 aliphatic heterocycles. The van der Waals surface area contributed by atoms with E-state index < -0.39 is 0 Å². The fraction of sp³-hybridized carbons (Fsp3) is 0.630. The topological polar surface area (TPSA) is 78.4 Å². The van der Waals surface area contributed by atoms with Gasteiger partial charge in [0.25, 0.3) is 5.56 Å². The number of guanidine groups is 1. The van der Waals surface area contributed by atoms with Crippen molar-refractivity contribution in [3.05, 3.63) is 46.2 Å². The van der Waals surface area contributed by atoms with E-state index in [4.69, 9.17) is 11.1 Å². The van der Waals surface area contributed by atoms with Crippen molar-refractivity contribution in [2.45, 2.75) is 83.8 Å². The minimum atomic E-state index is 0.141. The lowest BCUT2D eigenvalue weighted by Crippen LogP contribution is -2.44. The van der Waals surface area contributed by atoms with E-state index in [0.29, 0.717) is 18.0 Å². The van der Waals surface area contributed by atoms with E-state index in [1.165, 1.54) is 32.2 Å². The van der Waals surface area contributed by atoms with Crippen molar-refractivity contribution in [1.82, 2.24) is 14.4 Å². The Morgan fingerprint density at radius 1 is 1.06 bits per heavy atom. The molecule has 3 N–H and O–H groups in total. The Bertz CT molecular complexity index is 1010. The number of aryl methyl sites for hydroxylation is 1. The van der Waals surface area contributed by atoms with Crippen molar-refractivity contribution >= 4 is 16.9 Å². The molecule has 1 aromatic heterocycles. The van der Waals surface area contributed by atoms with Gasteiger partial charge in [0, 0.05) is 37.3 Å². The fourth-order valence-corrected chi connectivity index (χ4v) is 5.94. The second-order valence-electron chi connectivity index (χ2n) is 10.3. The van der Waals surface area contributed by atoms with Gasteiger partial charge in [0.15, 0.2) is 5.96 Å². The second-order valence-corrected chi connectivity index (χ2v) is 10.3. The zero-order chi connectivity index (χ0) is 23.4. The summed E-state index contributed by atoms with van der Waals surface area (Å²) < 4.78 is 2.01. The molecule has 0 spiro atoms. The van der Waals surface area contributed by atoms with Gasteiger partial charge in [0.1, 0.15) is 0 Å². The summed E-state index contributed by atoms with van der Waals surface area (Å²) in [5.41, 5.74) is 7.77. The molecule has 0 saturated carbocycles. The van der Waals surface area contributed by atoms with E-state index in [0.717, 1.165) is 61.8 Å². The number of unbranched alkanes of at least 4 members (excludes halogenated alkanes) is 2. The number of para-hydroxylation sites is 1. The third-order valence-electron chi connectivity index (χ3n) is 7.89. The summed E-state index contributed by atoms with van der Waals surface area (Å²) in [6.07, 6.45) is 9.14. The Balaban J connectivity index is 1.40. The molecule has 1 aromatic carbocycles. The molecule has 33 heavy (non-hydrogen) atoms. The van der Waals surface area contributed by atoms with Crippen molar-refractivity contribution in [3.8, 4) is 0 Å². The lowest BCUT2D eigenvalue weighted by Gasteiger charge is -2.39. The van der Waals surface area contributed by atoms with Crippen LogP contribution < -0.4 is 11.3 Å². The highest BCUT2D eigenvalue weighted by atomic mass is 16.1. The molecule has 4 rings (SSSR count).